The molecule has 2 N–H and O–H groups in total. The minimum Gasteiger partial charge on any atom is -0.351 e. The monoisotopic (exact) mass is 359 g/mol. The summed E-state index contributed by atoms with van der Waals surface area (Å²) >= 11 is 0. The molecule has 23 heavy (non-hydrogen) atoms. The molecule has 0 bridgehead atoms. The molecule has 6 heteroatoms. The molecule has 0 aliphatic carbocycles. The number of carbonyl (C=O) groups excluding carboxylic acids is 1. The van der Waals surface area contributed by atoms with E-state index in [2.05, 4.69) is 52.8 Å². The summed E-state index contributed by atoms with van der Waals surface area (Å²) < 4.78 is 0. The molecular formula is C17H27Cl2N3O. The van der Waals surface area contributed by atoms with Crippen LogP contribution in [-0.2, 0) is 4.79 Å². The van der Waals surface area contributed by atoms with Crippen LogP contribution < -0.4 is 10.6 Å². The Bertz CT molecular complexity index is 480. The number of carbonyl (C=O) groups is 1. The van der Waals surface area contributed by atoms with Crippen molar-refractivity contribution in [3.05, 3.63) is 35.9 Å². The standard InChI is InChI=1S/C17H25N3O.2ClH/c1-13(14-6-3-2-4-7-14)20-11-9-15(12-20)19-17(21)16-8-5-10-18-16;;/h2-4,6-7,13,15-16,18H,5,8-12H2,1H3,(H,19,21);2*1H. The van der Waals surface area contributed by atoms with Gasteiger partial charge in [-0.05, 0) is 38.3 Å². The predicted molar refractivity (Wildman–Crippen MR) is 98.5 cm³/mol. The van der Waals surface area contributed by atoms with Crippen molar-refractivity contribution in [3.8, 4) is 0 Å². The molecule has 2 aliphatic rings. The van der Waals surface area contributed by atoms with Crippen LogP contribution in [-0.4, -0.2) is 42.5 Å². The van der Waals surface area contributed by atoms with Gasteiger partial charge in [-0.15, -0.1) is 24.8 Å². The van der Waals surface area contributed by atoms with E-state index in [4.69, 9.17) is 0 Å². The van der Waals surface area contributed by atoms with Crippen LogP contribution in [0.2, 0.25) is 0 Å². The van der Waals surface area contributed by atoms with Gasteiger partial charge in [0.1, 0.15) is 0 Å². The maximum Gasteiger partial charge on any atom is 0.237 e. The van der Waals surface area contributed by atoms with Gasteiger partial charge >= 0.3 is 0 Å². The number of halogens is 2. The molecule has 1 aromatic rings. The number of nitrogens with zero attached hydrogens (tertiary/aromatic N) is 1. The van der Waals surface area contributed by atoms with Gasteiger partial charge in [0.25, 0.3) is 0 Å². The Morgan fingerprint density at radius 2 is 2.00 bits per heavy atom. The van der Waals surface area contributed by atoms with Crippen LogP contribution in [0.4, 0.5) is 0 Å². The third kappa shape index (κ3) is 5.08. The first-order chi connectivity index (χ1) is 10.2. The van der Waals surface area contributed by atoms with Gasteiger partial charge in [0, 0.05) is 25.2 Å². The lowest BCUT2D eigenvalue weighted by atomic mass is 10.1. The molecular weight excluding hydrogens is 333 g/mol. The molecule has 3 atom stereocenters. The van der Waals surface area contributed by atoms with E-state index in [9.17, 15) is 4.79 Å². The van der Waals surface area contributed by atoms with Gasteiger partial charge in [0.05, 0.1) is 6.04 Å². The third-order valence-electron chi connectivity index (χ3n) is 4.77. The zero-order chi connectivity index (χ0) is 14.7. The highest BCUT2D eigenvalue weighted by Gasteiger charge is 2.30. The number of hydrogen-bond donors (Lipinski definition) is 2. The van der Waals surface area contributed by atoms with E-state index in [-0.39, 0.29) is 36.8 Å². The zero-order valence-corrected chi connectivity index (χ0v) is 15.2. The zero-order valence-electron chi connectivity index (χ0n) is 13.5. The van der Waals surface area contributed by atoms with Gasteiger partial charge < -0.3 is 10.6 Å². The Labute approximate surface area is 151 Å². The van der Waals surface area contributed by atoms with Gasteiger partial charge in [-0.1, -0.05) is 30.3 Å². The molecule has 2 saturated heterocycles. The van der Waals surface area contributed by atoms with E-state index in [1.807, 2.05) is 0 Å². The van der Waals surface area contributed by atoms with Gasteiger partial charge in [-0.3, -0.25) is 9.69 Å². The van der Waals surface area contributed by atoms with Crippen molar-refractivity contribution in [2.75, 3.05) is 19.6 Å². The van der Waals surface area contributed by atoms with Crippen molar-refractivity contribution in [1.29, 1.82) is 0 Å². The van der Waals surface area contributed by atoms with Crippen LogP contribution in [0.1, 0.15) is 37.8 Å². The topological polar surface area (TPSA) is 44.4 Å². The van der Waals surface area contributed by atoms with Crippen molar-refractivity contribution in [2.24, 2.45) is 0 Å². The number of rotatable bonds is 4. The quantitative estimate of drug-likeness (QED) is 0.867. The van der Waals surface area contributed by atoms with E-state index in [1.165, 1.54) is 5.56 Å². The first-order valence-corrected chi connectivity index (χ1v) is 8.07. The van der Waals surface area contributed by atoms with Crippen LogP contribution in [0, 0.1) is 0 Å². The summed E-state index contributed by atoms with van der Waals surface area (Å²) in [5.74, 6) is 0.187. The fourth-order valence-electron chi connectivity index (χ4n) is 3.41. The normalized spacial score (nSPS) is 25.3. The minimum atomic E-state index is 0. The summed E-state index contributed by atoms with van der Waals surface area (Å²) in [5.41, 5.74) is 1.35. The molecule has 2 heterocycles. The fraction of sp³-hybridized carbons (Fsp3) is 0.588. The maximum atomic E-state index is 12.2. The maximum absolute atomic E-state index is 12.2. The lowest BCUT2D eigenvalue weighted by Crippen LogP contribution is -2.46. The first kappa shape index (κ1) is 20.2. The summed E-state index contributed by atoms with van der Waals surface area (Å²) in [6.07, 6.45) is 3.14. The molecule has 0 spiro atoms. The second-order valence-corrected chi connectivity index (χ2v) is 6.22. The van der Waals surface area contributed by atoms with Gasteiger partial charge in [-0.2, -0.15) is 0 Å². The van der Waals surface area contributed by atoms with E-state index >= 15 is 0 Å². The van der Waals surface area contributed by atoms with E-state index in [1.54, 1.807) is 0 Å². The summed E-state index contributed by atoms with van der Waals surface area (Å²) in [6.45, 7) is 5.23. The Morgan fingerprint density at radius 1 is 1.26 bits per heavy atom. The largest absolute Gasteiger partial charge is 0.351 e. The molecule has 0 aromatic heterocycles. The Balaban J connectivity index is 0.00000132. The van der Waals surface area contributed by atoms with E-state index in [0.717, 1.165) is 38.9 Å². The number of hydrogen-bond acceptors (Lipinski definition) is 3. The van der Waals surface area contributed by atoms with Crippen molar-refractivity contribution in [2.45, 2.75) is 44.3 Å². The number of likely N-dealkylation sites (tertiary alicyclic amines) is 1. The Kier molecular flexibility index (Phi) is 8.34. The highest BCUT2D eigenvalue weighted by atomic mass is 35.5. The summed E-state index contributed by atoms with van der Waals surface area (Å²) in [6, 6.07) is 11.3. The van der Waals surface area contributed by atoms with Gasteiger partial charge in [-0.25, -0.2) is 0 Å². The molecule has 1 amide bonds. The molecule has 0 saturated carbocycles. The summed E-state index contributed by atoms with van der Waals surface area (Å²) in [7, 11) is 0. The highest BCUT2D eigenvalue weighted by molar-refractivity contribution is 5.85. The van der Waals surface area contributed by atoms with Crippen molar-refractivity contribution in [3.63, 3.8) is 0 Å². The first-order valence-electron chi connectivity index (χ1n) is 8.07. The molecule has 0 radical (unpaired) electrons. The second kappa shape index (κ2) is 9.48. The van der Waals surface area contributed by atoms with Gasteiger partial charge in [0.2, 0.25) is 5.91 Å². The molecule has 3 rings (SSSR count). The molecule has 1 aromatic carbocycles. The van der Waals surface area contributed by atoms with Crippen LogP contribution in [0.3, 0.4) is 0 Å². The third-order valence-corrected chi connectivity index (χ3v) is 4.77. The molecule has 130 valence electrons. The molecule has 2 fully saturated rings. The van der Waals surface area contributed by atoms with Crippen molar-refractivity contribution >= 4 is 30.7 Å². The summed E-state index contributed by atoms with van der Waals surface area (Å²) in [4.78, 5) is 14.6. The SMILES string of the molecule is CC(c1ccccc1)N1CCC(NC(=O)C2CCCN2)C1.Cl.Cl. The van der Waals surface area contributed by atoms with Crippen LogP contribution >= 0.6 is 24.8 Å². The van der Waals surface area contributed by atoms with Crippen LogP contribution in [0.15, 0.2) is 30.3 Å². The van der Waals surface area contributed by atoms with E-state index < -0.39 is 0 Å². The smallest absolute Gasteiger partial charge is 0.237 e. The number of nitrogens with one attached hydrogen (secondary N) is 2. The Hall–Kier alpha value is -0.810. The minimum absolute atomic E-state index is 0. The summed E-state index contributed by atoms with van der Waals surface area (Å²) in [5, 5.41) is 6.48. The number of benzene rings is 1. The average molecular weight is 360 g/mol. The van der Waals surface area contributed by atoms with Crippen LogP contribution in [0.25, 0.3) is 0 Å². The Morgan fingerprint density at radius 3 is 2.65 bits per heavy atom. The lowest BCUT2D eigenvalue weighted by molar-refractivity contribution is -0.123. The molecule has 3 unspecified atom stereocenters. The fourth-order valence-corrected chi connectivity index (χ4v) is 3.41. The average Bonchev–Trinajstić information content (AvgIpc) is 3.19. The second-order valence-electron chi connectivity index (χ2n) is 6.22. The number of amides is 1. The molecule has 4 nitrogen and oxygen atoms in total. The lowest BCUT2D eigenvalue weighted by Gasteiger charge is -2.25. The van der Waals surface area contributed by atoms with E-state index in [0.29, 0.717) is 12.1 Å². The van der Waals surface area contributed by atoms with Gasteiger partial charge in [0.15, 0.2) is 0 Å². The van der Waals surface area contributed by atoms with Crippen molar-refractivity contribution < 1.29 is 4.79 Å². The predicted octanol–water partition coefficient (Wildman–Crippen LogP) is 2.53. The van der Waals surface area contributed by atoms with Crippen molar-refractivity contribution in [1.82, 2.24) is 15.5 Å². The van der Waals surface area contributed by atoms with Crippen LogP contribution in [0.5, 0.6) is 0 Å². The molecule has 2 aliphatic heterocycles. The highest BCUT2D eigenvalue weighted by Crippen LogP contribution is 2.24.